The standard InChI is InChI=1S/C12H20N2/c1-9-5-11(8-14-7-9)12(3,4)6-10(2)13/h5,7-8,10H,6,13H2,1-4H3. The maximum Gasteiger partial charge on any atom is 0.0305 e. The quantitative estimate of drug-likeness (QED) is 0.798. The van der Waals surface area contributed by atoms with Crippen molar-refractivity contribution in [1.82, 2.24) is 4.98 Å². The van der Waals surface area contributed by atoms with Gasteiger partial charge in [-0.15, -0.1) is 0 Å². The van der Waals surface area contributed by atoms with E-state index in [1.165, 1.54) is 11.1 Å². The fourth-order valence-electron chi connectivity index (χ4n) is 1.85. The average molecular weight is 192 g/mol. The normalized spacial score (nSPS) is 14.1. The Hall–Kier alpha value is -0.890. The van der Waals surface area contributed by atoms with Crippen molar-refractivity contribution in [2.24, 2.45) is 5.73 Å². The monoisotopic (exact) mass is 192 g/mol. The van der Waals surface area contributed by atoms with Crippen LogP contribution in [0.15, 0.2) is 18.5 Å². The topological polar surface area (TPSA) is 38.9 Å². The summed E-state index contributed by atoms with van der Waals surface area (Å²) in [5.74, 6) is 0. The zero-order valence-corrected chi connectivity index (χ0v) is 9.54. The molecule has 0 bridgehead atoms. The Morgan fingerprint density at radius 2 is 2.07 bits per heavy atom. The second kappa shape index (κ2) is 4.09. The number of aromatic nitrogens is 1. The van der Waals surface area contributed by atoms with E-state index in [0.29, 0.717) is 0 Å². The molecule has 0 saturated heterocycles. The summed E-state index contributed by atoms with van der Waals surface area (Å²) in [6.07, 6.45) is 4.80. The lowest BCUT2D eigenvalue weighted by Gasteiger charge is -2.27. The predicted octanol–water partition coefficient (Wildman–Crippen LogP) is 2.40. The molecule has 0 spiro atoms. The third-order valence-electron chi connectivity index (χ3n) is 2.49. The minimum absolute atomic E-state index is 0.118. The first-order valence-electron chi connectivity index (χ1n) is 5.09. The molecule has 2 heteroatoms. The van der Waals surface area contributed by atoms with Gasteiger partial charge in [0.05, 0.1) is 0 Å². The maximum absolute atomic E-state index is 5.83. The van der Waals surface area contributed by atoms with Gasteiger partial charge in [0, 0.05) is 18.4 Å². The molecule has 0 saturated carbocycles. The average Bonchev–Trinajstić information content (AvgIpc) is 2.01. The van der Waals surface area contributed by atoms with Gasteiger partial charge < -0.3 is 5.73 Å². The Balaban J connectivity index is 2.91. The van der Waals surface area contributed by atoms with Gasteiger partial charge in [0.1, 0.15) is 0 Å². The molecule has 1 heterocycles. The summed E-state index contributed by atoms with van der Waals surface area (Å²) in [6.45, 7) is 8.54. The molecular formula is C12H20N2. The van der Waals surface area contributed by atoms with Gasteiger partial charge >= 0.3 is 0 Å². The van der Waals surface area contributed by atoms with Crippen molar-refractivity contribution in [2.45, 2.75) is 45.6 Å². The zero-order chi connectivity index (χ0) is 10.8. The first kappa shape index (κ1) is 11.2. The molecule has 14 heavy (non-hydrogen) atoms. The van der Waals surface area contributed by atoms with E-state index in [4.69, 9.17) is 5.73 Å². The first-order valence-corrected chi connectivity index (χ1v) is 5.09. The lowest BCUT2D eigenvalue weighted by molar-refractivity contribution is 0.436. The van der Waals surface area contributed by atoms with Crippen molar-refractivity contribution < 1.29 is 0 Å². The van der Waals surface area contributed by atoms with E-state index in [1.54, 1.807) is 0 Å². The summed E-state index contributed by atoms with van der Waals surface area (Å²) in [6, 6.07) is 2.42. The summed E-state index contributed by atoms with van der Waals surface area (Å²) in [5, 5.41) is 0. The molecule has 1 aromatic heterocycles. The minimum atomic E-state index is 0.118. The number of pyridine rings is 1. The Labute approximate surface area is 86.5 Å². The van der Waals surface area contributed by atoms with Crippen LogP contribution in [0.2, 0.25) is 0 Å². The van der Waals surface area contributed by atoms with Crippen LogP contribution in [0.3, 0.4) is 0 Å². The van der Waals surface area contributed by atoms with E-state index in [-0.39, 0.29) is 11.5 Å². The van der Waals surface area contributed by atoms with E-state index in [2.05, 4.69) is 31.8 Å². The van der Waals surface area contributed by atoms with Gasteiger partial charge in [0.15, 0.2) is 0 Å². The fraction of sp³-hybridized carbons (Fsp3) is 0.583. The summed E-state index contributed by atoms with van der Waals surface area (Å²) in [7, 11) is 0. The van der Waals surface area contributed by atoms with Gasteiger partial charge in [0.25, 0.3) is 0 Å². The smallest absolute Gasteiger partial charge is 0.0305 e. The number of nitrogens with zero attached hydrogens (tertiary/aromatic N) is 1. The number of hydrogen-bond donors (Lipinski definition) is 1. The van der Waals surface area contributed by atoms with Crippen LogP contribution in [-0.4, -0.2) is 11.0 Å². The van der Waals surface area contributed by atoms with Crippen LogP contribution in [0.5, 0.6) is 0 Å². The maximum atomic E-state index is 5.83. The molecule has 1 aromatic rings. The molecule has 1 rings (SSSR count). The summed E-state index contributed by atoms with van der Waals surface area (Å²) >= 11 is 0. The molecule has 0 aliphatic rings. The Morgan fingerprint density at radius 1 is 1.43 bits per heavy atom. The van der Waals surface area contributed by atoms with Crippen LogP contribution in [-0.2, 0) is 5.41 Å². The van der Waals surface area contributed by atoms with E-state index in [9.17, 15) is 0 Å². The highest BCUT2D eigenvalue weighted by molar-refractivity contribution is 5.24. The number of rotatable bonds is 3. The van der Waals surface area contributed by atoms with Crippen molar-refractivity contribution in [2.75, 3.05) is 0 Å². The fourth-order valence-corrected chi connectivity index (χ4v) is 1.85. The SMILES string of the molecule is Cc1cncc(C(C)(C)CC(C)N)c1. The van der Waals surface area contributed by atoms with E-state index in [1.807, 2.05) is 19.3 Å². The molecule has 2 nitrogen and oxygen atoms in total. The predicted molar refractivity (Wildman–Crippen MR) is 60.3 cm³/mol. The molecule has 2 N–H and O–H groups in total. The van der Waals surface area contributed by atoms with Crippen LogP contribution < -0.4 is 5.73 Å². The van der Waals surface area contributed by atoms with Crippen LogP contribution in [0.25, 0.3) is 0 Å². The highest BCUT2D eigenvalue weighted by Gasteiger charge is 2.22. The second-order valence-electron chi connectivity index (χ2n) is 4.82. The van der Waals surface area contributed by atoms with E-state index in [0.717, 1.165) is 6.42 Å². The zero-order valence-electron chi connectivity index (χ0n) is 9.54. The van der Waals surface area contributed by atoms with Gasteiger partial charge in [0.2, 0.25) is 0 Å². The van der Waals surface area contributed by atoms with Crippen molar-refractivity contribution in [3.63, 3.8) is 0 Å². The summed E-state index contributed by atoms with van der Waals surface area (Å²) in [4.78, 5) is 4.22. The number of nitrogens with two attached hydrogens (primary N) is 1. The van der Waals surface area contributed by atoms with Crippen LogP contribution in [0.4, 0.5) is 0 Å². The number of aryl methyl sites for hydroxylation is 1. The Kier molecular flexibility index (Phi) is 3.27. The van der Waals surface area contributed by atoms with Crippen LogP contribution >= 0.6 is 0 Å². The minimum Gasteiger partial charge on any atom is -0.328 e. The molecular weight excluding hydrogens is 172 g/mol. The first-order chi connectivity index (χ1) is 6.42. The Bertz CT molecular complexity index is 303. The van der Waals surface area contributed by atoms with Crippen molar-refractivity contribution in [1.29, 1.82) is 0 Å². The summed E-state index contributed by atoms with van der Waals surface area (Å²) in [5.41, 5.74) is 8.43. The van der Waals surface area contributed by atoms with Crippen molar-refractivity contribution in [3.8, 4) is 0 Å². The van der Waals surface area contributed by atoms with Crippen LogP contribution in [0.1, 0.15) is 38.3 Å². The molecule has 1 atom stereocenters. The van der Waals surface area contributed by atoms with Crippen LogP contribution in [0, 0.1) is 6.92 Å². The van der Waals surface area contributed by atoms with Gasteiger partial charge in [-0.2, -0.15) is 0 Å². The largest absolute Gasteiger partial charge is 0.328 e. The van der Waals surface area contributed by atoms with Gasteiger partial charge in [-0.25, -0.2) is 0 Å². The lowest BCUT2D eigenvalue weighted by atomic mass is 9.80. The molecule has 0 aliphatic carbocycles. The third-order valence-corrected chi connectivity index (χ3v) is 2.49. The van der Waals surface area contributed by atoms with Gasteiger partial charge in [-0.1, -0.05) is 19.9 Å². The molecule has 78 valence electrons. The Morgan fingerprint density at radius 3 is 2.57 bits per heavy atom. The highest BCUT2D eigenvalue weighted by Crippen LogP contribution is 2.27. The van der Waals surface area contributed by atoms with Crippen molar-refractivity contribution in [3.05, 3.63) is 29.6 Å². The molecule has 0 amide bonds. The lowest BCUT2D eigenvalue weighted by Crippen LogP contribution is -2.28. The molecule has 1 unspecified atom stereocenters. The molecule has 0 aliphatic heterocycles. The van der Waals surface area contributed by atoms with Gasteiger partial charge in [-0.3, -0.25) is 4.98 Å². The van der Waals surface area contributed by atoms with E-state index >= 15 is 0 Å². The van der Waals surface area contributed by atoms with E-state index < -0.39 is 0 Å². The second-order valence-corrected chi connectivity index (χ2v) is 4.82. The molecule has 0 fully saturated rings. The third kappa shape index (κ3) is 2.81. The van der Waals surface area contributed by atoms with Crippen molar-refractivity contribution >= 4 is 0 Å². The summed E-state index contributed by atoms with van der Waals surface area (Å²) < 4.78 is 0. The molecule has 0 aromatic carbocycles. The van der Waals surface area contributed by atoms with Gasteiger partial charge in [-0.05, 0) is 36.8 Å². The number of hydrogen-bond acceptors (Lipinski definition) is 2. The molecule has 0 radical (unpaired) electrons. The highest BCUT2D eigenvalue weighted by atomic mass is 14.6.